The van der Waals surface area contributed by atoms with E-state index >= 15 is 0 Å². The largest absolute Gasteiger partial charge is 0.481 e. The lowest BCUT2D eigenvalue weighted by Gasteiger charge is -2.12. The molecule has 1 atom stereocenters. The van der Waals surface area contributed by atoms with Crippen molar-refractivity contribution in [2.24, 2.45) is 0 Å². The number of nitrogens with one attached hydrogen (secondary N) is 1. The molecular weight excluding hydrogens is 250 g/mol. The van der Waals surface area contributed by atoms with E-state index in [1.807, 2.05) is 0 Å². The molecule has 2 aromatic rings. The number of carbonyl (C=O) groups is 1. The van der Waals surface area contributed by atoms with Crippen molar-refractivity contribution in [3.05, 3.63) is 44.5 Å². The zero-order valence-electron chi connectivity index (χ0n) is 10.2. The summed E-state index contributed by atoms with van der Waals surface area (Å²) in [4.78, 5) is 35.6. The van der Waals surface area contributed by atoms with Crippen molar-refractivity contribution in [1.29, 1.82) is 0 Å². The summed E-state index contributed by atoms with van der Waals surface area (Å²) in [7, 11) is 0. The van der Waals surface area contributed by atoms with E-state index < -0.39 is 23.0 Å². The third-order valence-corrected chi connectivity index (χ3v) is 3.08. The Bertz CT molecular complexity index is 760. The first-order chi connectivity index (χ1) is 8.97. The molecule has 0 aliphatic carbocycles. The fourth-order valence-corrected chi connectivity index (χ4v) is 2.17. The van der Waals surface area contributed by atoms with Crippen molar-refractivity contribution in [2.45, 2.75) is 19.3 Å². The van der Waals surface area contributed by atoms with Crippen LogP contribution in [0.25, 0.3) is 10.8 Å². The van der Waals surface area contributed by atoms with Crippen LogP contribution in [-0.4, -0.2) is 21.0 Å². The predicted molar refractivity (Wildman–Crippen MR) is 69.6 cm³/mol. The molecule has 4 N–H and O–H groups in total. The van der Waals surface area contributed by atoms with E-state index in [0.717, 1.165) is 0 Å². The van der Waals surface area contributed by atoms with E-state index in [2.05, 4.69) is 5.10 Å². The number of nitrogens with two attached hydrogens (primary N) is 1. The van der Waals surface area contributed by atoms with Gasteiger partial charge in [0.05, 0.1) is 16.7 Å². The van der Waals surface area contributed by atoms with Crippen LogP contribution in [0.3, 0.4) is 0 Å². The number of H-pyrrole nitrogens is 1. The number of nitrogen functional groups attached to an aromatic ring is 1. The summed E-state index contributed by atoms with van der Waals surface area (Å²) in [5, 5.41) is 11.6. The quantitative estimate of drug-likeness (QED) is 0.672. The molecule has 0 saturated carbocycles. The smallest absolute Gasteiger partial charge is 0.310 e. The zero-order valence-corrected chi connectivity index (χ0v) is 10.2. The van der Waals surface area contributed by atoms with Crippen molar-refractivity contribution < 1.29 is 9.90 Å². The number of carboxylic acid groups (broad SMARTS) is 1. The summed E-state index contributed by atoms with van der Waals surface area (Å²) >= 11 is 0. The highest BCUT2D eigenvalue weighted by Gasteiger charge is 2.22. The number of aromatic amines is 1. The Hall–Kier alpha value is -2.57. The summed E-state index contributed by atoms with van der Waals surface area (Å²) in [6.07, 6.45) is 0.319. The van der Waals surface area contributed by atoms with Gasteiger partial charge in [0.2, 0.25) is 0 Å². The van der Waals surface area contributed by atoms with Crippen molar-refractivity contribution in [2.75, 3.05) is 5.84 Å². The molecule has 100 valence electrons. The van der Waals surface area contributed by atoms with Crippen LogP contribution in [0.15, 0.2) is 27.8 Å². The number of hydrogen-bond donors (Lipinski definition) is 3. The van der Waals surface area contributed by atoms with Crippen LogP contribution in [0.5, 0.6) is 0 Å². The first-order valence-corrected chi connectivity index (χ1v) is 5.73. The van der Waals surface area contributed by atoms with Gasteiger partial charge in [0, 0.05) is 0 Å². The van der Waals surface area contributed by atoms with Gasteiger partial charge >= 0.3 is 5.97 Å². The van der Waals surface area contributed by atoms with Crippen molar-refractivity contribution in [3.8, 4) is 0 Å². The highest BCUT2D eigenvalue weighted by Crippen LogP contribution is 2.24. The third-order valence-electron chi connectivity index (χ3n) is 3.08. The van der Waals surface area contributed by atoms with E-state index in [4.69, 9.17) is 5.84 Å². The van der Waals surface area contributed by atoms with Gasteiger partial charge in [0.1, 0.15) is 0 Å². The molecule has 0 aliphatic rings. The minimum absolute atomic E-state index is 0.0865. The molecule has 0 radical (unpaired) electrons. The number of nitrogens with zero attached hydrogens (tertiary/aromatic N) is 1. The third kappa shape index (κ3) is 1.99. The fourth-order valence-electron chi connectivity index (χ4n) is 2.17. The second-order valence-electron chi connectivity index (χ2n) is 4.18. The Labute approximate surface area is 107 Å². The van der Waals surface area contributed by atoms with Gasteiger partial charge in [-0.15, -0.1) is 0 Å². The molecule has 0 amide bonds. The van der Waals surface area contributed by atoms with E-state index in [9.17, 15) is 19.5 Å². The van der Waals surface area contributed by atoms with E-state index in [1.54, 1.807) is 19.1 Å². The molecule has 0 spiro atoms. The average Bonchev–Trinajstić information content (AvgIpc) is 2.36. The Morgan fingerprint density at radius 2 is 2.16 bits per heavy atom. The molecule has 7 nitrogen and oxygen atoms in total. The summed E-state index contributed by atoms with van der Waals surface area (Å²) in [6, 6.07) is 4.54. The average molecular weight is 263 g/mol. The zero-order chi connectivity index (χ0) is 14.2. The van der Waals surface area contributed by atoms with E-state index in [0.29, 0.717) is 16.8 Å². The number of aromatic nitrogens is 2. The normalized spacial score (nSPS) is 12.5. The molecule has 1 heterocycles. The SMILES string of the molecule is CCC(C(=O)O)c1cccc2c(=O)n(N)[nH]c(=O)c12. The maximum atomic E-state index is 11.9. The predicted octanol–water partition coefficient (Wildman–Crippen LogP) is -0.0182. The summed E-state index contributed by atoms with van der Waals surface area (Å²) in [5.74, 6) is 3.47. The highest BCUT2D eigenvalue weighted by molar-refractivity contribution is 5.89. The van der Waals surface area contributed by atoms with Gasteiger partial charge in [0.15, 0.2) is 0 Å². The van der Waals surface area contributed by atoms with Crippen molar-refractivity contribution in [3.63, 3.8) is 0 Å². The number of fused-ring (bicyclic) bond motifs is 1. The van der Waals surface area contributed by atoms with Crippen LogP contribution in [0.1, 0.15) is 24.8 Å². The lowest BCUT2D eigenvalue weighted by Crippen LogP contribution is -2.35. The standard InChI is InChI=1S/C12H13N3O4/c1-2-6(12(18)19)7-4-3-5-8-9(7)10(16)14-15(13)11(8)17/h3-6H,2,13H2,1H3,(H,14,16)(H,18,19). The molecule has 19 heavy (non-hydrogen) atoms. The summed E-state index contributed by atoms with van der Waals surface area (Å²) in [5.41, 5.74) is -0.824. The van der Waals surface area contributed by atoms with Gasteiger partial charge < -0.3 is 10.9 Å². The molecule has 0 fully saturated rings. The fraction of sp³-hybridized carbons (Fsp3) is 0.250. The van der Waals surface area contributed by atoms with Crippen molar-refractivity contribution in [1.82, 2.24) is 9.89 Å². The number of benzene rings is 1. The Morgan fingerprint density at radius 1 is 1.47 bits per heavy atom. The monoisotopic (exact) mass is 263 g/mol. The summed E-state index contributed by atoms with van der Waals surface area (Å²) < 4.78 is 0. The van der Waals surface area contributed by atoms with Crippen molar-refractivity contribution >= 4 is 16.7 Å². The molecule has 1 unspecified atom stereocenters. The van der Waals surface area contributed by atoms with Gasteiger partial charge in [-0.05, 0) is 18.1 Å². The molecule has 1 aromatic heterocycles. The first kappa shape index (κ1) is 12.9. The van der Waals surface area contributed by atoms with Gasteiger partial charge in [-0.3, -0.25) is 14.4 Å². The Morgan fingerprint density at radius 3 is 2.74 bits per heavy atom. The number of aliphatic carboxylic acids is 1. The minimum Gasteiger partial charge on any atom is -0.481 e. The second kappa shape index (κ2) is 4.60. The molecule has 0 aliphatic heterocycles. The topological polar surface area (TPSA) is 118 Å². The van der Waals surface area contributed by atoms with Crippen LogP contribution in [0.4, 0.5) is 0 Å². The number of rotatable bonds is 3. The lowest BCUT2D eigenvalue weighted by molar-refractivity contribution is -0.138. The second-order valence-corrected chi connectivity index (χ2v) is 4.18. The van der Waals surface area contributed by atoms with Crippen LogP contribution in [0, 0.1) is 0 Å². The maximum Gasteiger partial charge on any atom is 0.310 e. The lowest BCUT2D eigenvalue weighted by atomic mass is 9.93. The van der Waals surface area contributed by atoms with Gasteiger partial charge in [0.25, 0.3) is 11.1 Å². The summed E-state index contributed by atoms with van der Waals surface area (Å²) in [6.45, 7) is 1.70. The molecule has 0 bridgehead atoms. The number of carboxylic acids is 1. The molecule has 2 rings (SSSR count). The first-order valence-electron chi connectivity index (χ1n) is 5.73. The highest BCUT2D eigenvalue weighted by atomic mass is 16.4. The van der Waals surface area contributed by atoms with E-state index in [-0.39, 0.29) is 10.8 Å². The van der Waals surface area contributed by atoms with Gasteiger partial charge in [-0.25, -0.2) is 5.10 Å². The van der Waals surface area contributed by atoms with Crippen LogP contribution in [0.2, 0.25) is 0 Å². The van der Waals surface area contributed by atoms with Crippen LogP contribution in [-0.2, 0) is 4.79 Å². The Kier molecular flexibility index (Phi) is 3.12. The maximum absolute atomic E-state index is 11.9. The van der Waals surface area contributed by atoms with Crippen LogP contribution < -0.4 is 17.0 Å². The van der Waals surface area contributed by atoms with Crippen LogP contribution >= 0.6 is 0 Å². The van der Waals surface area contributed by atoms with Gasteiger partial charge in [-0.1, -0.05) is 19.1 Å². The molecule has 1 aromatic carbocycles. The molecule has 0 saturated heterocycles. The molecule has 7 heteroatoms. The van der Waals surface area contributed by atoms with Gasteiger partial charge in [-0.2, -0.15) is 4.79 Å². The Balaban J connectivity index is 2.92. The number of hydrogen-bond acceptors (Lipinski definition) is 4. The molecular formula is C12H13N3O4. The minimum atomic E-state index is -1.04. The van der Waals surface area contributed by atoms with E-state index in [1.165, 1.54) is 6.07 Å².